The van der Waals surface area contributed by atoms with E-state index in [2.05, 4.69) is 26.0 Å². The van der Waals surface area contributed by atoms with E-state index in [-0.39, 0.29) is 5.92 Å². The van der Waals surface area contributed by atoms with Gasteiger partial charge in [-0.2, -0.15) is 0 Å². The second-order valence-corrected chi connectivity index (χ2v) is 8.73. The van der Waals surface area contributed by atoms with E-state index in [4.69, 9.17) is 4.74 Å². The topological polar surface area (TPSA) is 67.4 Å². The molecule has 0 amide bonds. The fourth-order valence-electron chi connectivity index (χ4n) is 1.59. The average molecular weight is 385 g/mol. The lowest BCUT2D eigenvalue weighted by atomic mass is 10.2. The van der Waals surface area contributed by atoms with Crippen LogP contribution in [0, 0.1) is 5.92 Å². The van der Waals surface area contributed by atoms with Crippen LogP contribution in [0.4, 0.5) is 0 Å². The van der Waals surface area contributed by atoms with Crippen LogP contribution in [0.5, 0.6) is 0 Å². The molecule has 8 heteroatoms. The minimum absolute atomic E-state index is 0.133. The van der Waals surface area contributed by atoms with Crippen LogP contribution in [0.25, 0.3) is 0 Å². The number of methoxy groups -OCH3 is 1. The molecule has 5 nitrogen and oxygen atoms in total. The van der Waals surface area contributed by atoms with Crippen LogP contribution in [0.15, 0.2) is 14.7 Å². The molecule has 0 aliphatic rings. The van der Waals surface area contributed by atoms with Gasteiger partial charge in [0, 0.05) is 31.7 Å². The molecule has 1 unspecified atom stereocenters. The Kier molecular flexibility index (Phi) is 7.63. The van der Waals surface area contributed by atoms with E-state index < -0.39 is 10.0 Å². The quantitative estimate of drug-likeness (QED) is 0.684. The summed E-state index contributed by atoms with van der Waals surface area (Å²) >= 11 is 4.77. The van der Waals surface area contributed by atoms with Crippen molar-refractivity contribution in [2.45, 2.75) is 25.3 Å². The van der Waals surface area contributed by atoms with Gasteiger partial charge in [0.05, 0.1) is 3.79 Å². The summed E-state index contributed by atoms with van der Waals surface area (Å²) in [6.45, 7) is 6.37. The highest BCUT2D eigenvalue weighted by molar-refractivity contribution is 9.11. The van der Waals surface area contributed by atoms with Gasteiger partial charge in [0.15, 0.2) is 0 Å². The molecular weight excluding hydrogens is 364 g/mol. The molecule has 0 saturated heterocycles. The minimum atomic E-state index is -3.48. The minimum Gasteiger partial charge on any atom is -0.384 e. The predicted molar refractivity (Wildman–Crippen MR) is 85.6 cm³/mol. The van der Waals surface area contributed by atoms with Gasteiger partial charge in [0.1, 0.15) is 4.90 Å². The van der Waals surface area contributed by atoms with Crippen molar-refractivity contribution in [1.29, 1.82) is 0 Å². The average Bonchev–Trinajstić information content (AvgIpc) is 2.76. The number of hydrogen-bond donors (Lipinski definition) is 2. The number of ether oxygens (including phenoxy) is 1. The van der Waals surface area contributed by atoms with Gasteiger partial charge in [-0.3, -0.25) is 0 Å². The summed E-state index contributed by atoms with van der Waals surface area (Å²) in [6, 6.07) is 1.71. The Labute approximate surface area is 133 Å². The highest BCUT2D eigenvalue weighted by atomic mass is 79.9. The molecule has 0 aliphatic heterocycles. The highest BCUT2D eigenvalue weighted by Gasteiger charge is 2.21. The van der Waals surface area contributed by atoms with E-state index >= 15 is 0 Å². The van der Waals surface area contributed by atoms with Gasteiger partial charge in [-0.1, -0.05) is 13.8 Å². The largest absolute Gasteiger partial charge is 0.384 e. The first-order valence-electron chi connectivity index (χ1n) is 6.38. The second kappa shape index (κ2) is 8.45. The Hall–Kier alpha value is 0.01000. The molecule has 1 aromatic heterocycles. The first-order chi connectivity index (χ1) is 9.40. The zero-order chi connectivity index (χ0) is 15.2. The molecule has 1 atom stereocenters. The number of halogens is 1. The normalized spacial score (nSPS) is 13.6. The first-order valence-corrected chi connectivity index (χ1v) is 9.47. The van der Waals surface area contributed by atoms with Crippen LogP contribution < -0.4 is 10.0 Å². The van der Waals surface area contributed by atoms with Crippen molar-refractivity contribution >= 4 is 37.3 Å². The Bertz CT molecular complexity index is 517. The highest BCUT2D eigenvalue weighted by Crippen LogP contribution is 2.31. The van der Waals surface area contributed by atoms with Crippen molar-refractivity contribution in [2.75, 3.05) is 26.8 Å². The fraction of sp³-hybridized carbons (Fsp3) is 0.667. The van der Waals surface area contributed by atoms with Gasteiger partial charge >= 0.3 is 0 Å². The molecule has 20 heavy (non-hydrogen) atoms. The molecule has 0 spiro atoms. The molecule has 0 saturated carbocycles. The smallest absolute Gasteiger partial charge is 0.242 e. The van der Waals surface area contributed by atoms with E-state index in [1.54, 1.807) is 13.2 Å². The van der Waals surface area contributed by atoms with E-state index in [0.717, 1.165) is 11.4 Å². The summed E-state index contributed by atoms with van der Waals surface area (Å²) in [6.07, 6.45) is 0. The van der Waals surface area contributed by atoms with Crippen molar-refractivity contribution in [3.05, 3.63) is 14.7 Å². The molecule has 0 aliphatic carbocycles. The van der Waals surface area contributed by atoms with Crippen molar-refractivity contribution in [2.24, 2.45) is 5.92 Å². The Morgan fingerprint density at radius 3 is 2.80 bits per heavy atom. The van der Waals surface area contributed by atoms with Gasteiger partial charge in [0.25, 0.3) is 0 Å². The number of rotatable bonds is 9. The lowest BCUT2D eigenvalue weighted by Crippen LogP contribution is -2.30. The fourth-order valence-corrected chi connectivity index (χ4v) is 5.40. The molecule has 0 radical (unpaired) electrons. The van der Waals surface area contributed by atoms with E-state index in [9.17, 15) is 8.42 Å². The number of sulfonamides is 1. The lowest BCUT2D eigenvalue weighted by molar-refractivity contribution is 0.161. The number of nitrogens with one attached hydrogen (secondary N) is 2. The summed E-state index contributed by atoms with van der Waals surface area (Å²) in [5.74, 6) is 0.133. The van der Waals surface area contributed by atoms with Gasteiger partial charge in [0.2, 0.25) is 10.0 Å². The number of thiophene rings is 1. The van der Waals surface area contributed by atoms with Gasteiger partial charge in [-0.15, -0.1) is 11.3 Å². The van der Waals surface area contributed by atoms with Crippen LogP contribution in [0.3, 0.4) is 0 Å². The van der Waals surface area contributed by atoms with Crippen LogP contribution in [0.1, 0.15) is 18.7 Å². The first kappa shape index (κ1) is 18.1. The van der Waals surface area contributed by atoms with Crippen molar-refractivity contribution < 1.29 is 13.2 Å². The standard InChI is InChI=1S/C12H21BrN2O3S2/c1-4-14-7-10-5-11(12(13)19-10)20(16,17)15-6-9(2)8-18-3/h5,9,14-15H,4,6-8H2,1-3H3. The second-order valence-electron chi connectivity index (χ2n) is 4.54. The third-order valence-corrected chi connectivity index (χ3v) is 6.29. The summed E-state index contributed by atoms with van der Waals surface area (Å²) in [7, 11) is -1.87. The molecule has 1 aromatic rings. The van der Waals surface area contributed by atoms with Gasteiger partial charge < -0.3 is 10.1 Å². The molecular formula is C12H21BrN2O3S2. The van der Waals surface area contributed by atoms with Crippen LogP contribution in [0.2, 0.25) is 0 Å². The van der Waals surface area contributed by atoms with E-state index in [0.29, 0.717) is 28.4 Å². The van der Waals surface area contributed by atoms with Crippen molar-refractivity contribution in [3.8, 4) is 0 Å². The lowest BCUT2D eigenvalue weighted by Gasteiger charge is -2.11. The molecule has 0 bridgehead atoms. The maximum absolute atomic E-state index is 12.3. The molecule has 1 rings (SSSR count). The van der Waals surface area contributed by atoms with E-state index in [1.165, 1.54) is 11.3 Å². The van der Waals surface area contributed by atoms with Crippen LogP contribution in [-0.4, -0.2) is 35.2 Å². The Morgan fingerprint density at radius 1 is 1.50 bits per heavy atom. The van der Waals surface area contributed by atoms with Crippen molar-refractivity contribution in [3.63, 3.8) is 0 Å². The Morgan fingerprint density at radius 2 is 2.20 bits per heavy atom. The van der Waals surface area contributed by atoms with Crippen LogP contribution in [-0.2, 0) is 21.3 Å². The Balaban J connectivity index is 2.74. The van der Waals surface area contributed by atoms with Crippen LogP contribution >= 0.6 is 27.3 Å². The van der Waals surface area contributed by atoms with Gasteiger partial charge in [-0.05, 0) is 34.5 Å². The molecule has 0 fully saturated rings. The summed E-state index contributed by atoms with van der Waals surface area (Å²) in [5, 5.41) is 3.18. The third kappa shape index (κ3) is 5.42. The zero-order valence-electron chi connectivity index (χ0n) is 11.9. The molecule has 0 aromatic carbocycles. The zero-order valence-corrected chi connectivity index (χ0v) is 15.1. The molecule has 1 heterocycles. The summed E-state index contributed by atoms with van der Waals surface area (Å²) in [4.78, 5) is 1.30. The monoisotopic (exact) mass is 384 g/mol. The third-order valence-electron chi connectivity index (χ3n) is 2.62. The van der Waals surface area contributed by atoms with Crippen molar-refractivity contribution in [1.82, 2.24) is 10.0 Å². The summed E-state index contributed by atoms with van der Waals surface area (Å²) in [5.41, 5.74) is 0. The molecule has 2 N–H and O–H groups in total. The number of hydrogen-bond acceptors (Lipinski definition) is 5. The predicted octanol–water partition coefficient (Wildman–Crippen LogP) is 2.18. The summed E-state index contributed by atoms with van der Waals surface area (Å²) < 4.78 is 32.8. The maximum Gasteiger partial charge on any atom is 0.242 e. The maximum atomic E-state index is 12.3. The van der Waals surface area contributed by atoms with E-state index in [1.807, 2.05) is 13.8 Å². The SMILES string of the molecule is CCNCc1cc(S(=O)(=O)NCC(C)COC)c(Br)s1. The molecule has 116 valence electrons. The van der Waals surface area contributed by atoms with Gasteiger partial charge in [-0.25, -0.2) is 13.1 Å².